The van der Waals surface area contributed by atoms with Gasteiger partial charge in [0.05, 0.1) is 16.8 Å². The number of carboxylic acids is 1. The summed E-state index contributed by atoms with van der Waals surface area (Å²) < 4.78 is 59.9. The van der Waals surface area contributed by atoms with Crippen molar-refractivity contribution < 1.29 is 37.0 Å². The molecule has 3 aromatic rings. The van der Waals surface area contributed by atoms with Gasteiger partial charge in [0.25, 0.3) is 5.91 Å². The molecule has 1 aromatic heterocycles. The zero-order valence-corrected chi connectivity index (χ0v) is 15.9. The normalized spacial score (nSPS) is 10.9. The summed E-state index contributed by atoms with van der Waals surface area (Å²) in [5.41, 5.74) is -0.698. The number of benzene rings is 2. The number of hydrogen-bond acceptors (Lipinski definition) is 6. The Morgan fingerprint density at radius 2 is 1.90 bits per heavy atom. The lowest BCUT2D eigenvalue weighted by Crippen LogP contribution is -2.22. The van der Waals surface area contributed by atoms with E-state index in [-0.39, 0.29) is 27.6 Å². The highest BCUT2D eigenvalue weighted by atomic mass is 32.1. The minimum Gasteiger partial charge on any atom is -0.481 e. The Kier molecular flexibility index (Phi) is 5.94. The highest BCUT2D eigenvalue weighted by Crippen LogP contribution is 2.30. The van der Waals surface area contributed by atoms with Crippen LogP contribution in [0.15, 0.2) is 24.3 Å². The fraction of sp³-hybridized carbons (Fsp3) is 0.118. The molecule has 0 saturated heterocycles. The van der Waals surface area contributed by atoms with Crippen molar-refractivity contribution >= 4 is 46.2 Å². The summed E-state index contributed by atoms with van der Waals surface area (Å²) in [6.07, 6.45) is 0. The van der Waals surface area contributed by atoms with Gasteiger partial charge in [-0.2, -0.15) is 0 Å². The first-order valence-corrected chi connectivity index (χ1v) is 8.96. The Bertz CT molecular complexity index is 1120. The van der Waals surface area contributed by atoms with Crippen LogP contribution in [0.1, 0.15) is 15.4 Å². The molecule has 2 aromatic carbocycles. The van der Waals surface area contributed by atoms with Crippen molar-refractivity contribution in [3.63, 3.8) is 0 Å². The van der Waals surface area contributed by atoms with E-state index in [1.165, 1.54) is 0 Å². The van der Waals surface area contributed by atoms with Crippen LogP contribution in [-0.4, -0.2) is 32.9 Å². The number of carbonyl (C=O) groups excluding carboxylic acids is 1. The summed E-state index contributed by atoms with van der Waals surface area (Å²) in [6, 6.07) is 3.27. The number of halogens is 4. The fourth-order valence-corrected chi connectivity index (χ4v) is 3.66. The Hall–Kier alpha value is -2.86. The van der Waals surface area contributed by atoms with Crippen molar-refractivity contribution in [2.24, 2.45) is 0 Å². The maximum Gasteiger partial charge on any atom is 0.341 e. The van der Waals surface area contributed by atoms with Crippen LogP contribution < -0.4 is 4.74 Å². The standard InChI is InChI=1S/C17H10F4N2O4S2/c18-7-1-2-8(11(3-7)27-6-13(24)25)17(26)23(28)5-12-22-15-14(21)9(19)4-10(20)16(15)29-12/h1-4,28H,5-6H2,(H,24,25). The van der Waals surface area contributed by atoms with Crippen LogP contribution in [0.25, 0.3) is 10.2 Å². The minimum atomic E-state index is -1.39. The second kappa shape index (κ2) is 8.25. The highest BCUT2D eigenvalue weighted by Gasteiger charge is 2.22. The molecule has 0 radical (unpaired) electrons. The number of thiol groups is 1. The van der Waals surface area contributed by atoms with Crippen LogP contribution in [0, 0.1) is 23.3 Å². The molecule has 1 amide bonds. The van der Waals surface area contributed by atoms with Gasteiger partial charge in [-0.1, -0.05) is 12.8 Å². The van der Waals surface area contributed by atoms with Crippen LogP contribution in [0.3, 0.4) is 0 Å². The smallest absolute Gasteiger partial charge is 0.341 e. The molecule has 0 aliphatic carbocycles. The molecule has 152 valence electrons. The molecule has 1 heterocycles. The molecule has 0 aliphatic heterocycles. The summed E-state index contributed by atoms with van der Waals surface area (Å²) in [6.45, 7) is -1.13. The predicted molar refractivity (Wildman–Crippen MR) is 97.9 cm³/mol. The SMILES string of the molecule is O=C(O)COc1cc(F)ccc1C(=O)N(S)Cc1nc2c(F)c(F)cc(F)c2s1. The number of nitrogens with zero attached hydrogens (tertiary/aromatic N) is 2. The molecule has 12 heteroatoms. The van der Waals surface area contributed by atoms with E-state index in [0.29, 0.717) is 17.4 Å². The van der Waals surface area contributed by atoms with Crippen LogP contribution in [0.5, 0.6) is 5.75 Å². The van der Waals surface area contributed by atoms with Gasteiger partial charge in [0.2, 0.25) is 0 Å². The maximum absolute atomic E-state index is 13.8. The second-order valence-corrected chi connectivity index (χ2v) is 7.19. The van der Waals surface area contributed by atoms with Crippen LogP contribution in [0.4, 0.5) is 17.6 Å². The molecular weight excluding hydrogens is 436 g/mol. The largest absolute Gasteiger partial charge is 0.481 e. The topological polar surface area (TPSA) is 79.7 Å². The predicted octanol–water partition coefficient (Wildman–Crippen LogP) is 3.80. The lowest BCUT2D eigenvalue weighted by molar-refractivity contribution is -0.139. The Labute approximate surface area is 169 Å². The van der Waals surface area contributed by atoms with Gasteiger partial charge in [0, 0.05) is 12.1 Å². The lowest BCUT2D eigenvalue weighted by atomic mass is 10.2. The number of thiazole rings is 1. The van der Waals surface area contributed by atoms with Crippen molar-refractivity contribution in [1.29, 1.82) is 0 Å². The average Bonchev–Trinajstić information content (AvgIpc) is 3.08. The van der Waals surface area contributed by atoms with E-state index in [1.54, 1.807) is 0 Å². The summed E-state index contributed by atoms with van der Waals surface area (Å²) in [5, 5.41) is 8.74. The Morgan fingerprint density at radius 3 is 2.59 bits per heavy atom. The molecule has 0 spiro atoms. The molecular formula is C17H10F4N2O4S2. The minimum absolute atomic E-state index is 0.0573. The number of carboxylic acid groups (broad SMARTS) is 1. The van der Waals surface area contributed by atoms with Gasteiger partial charge < -0.3 is 9.84 Å². The van der Waals surface area contributed by atoms with Gasteiger partial charge in [-0.25, -0.2) is 27.3 Å². The Balaban J connectivity index is 1.86. The monoisotopic (exact) mass is 446 g/mol. The summed E-state index contributed by atoms with van der Waals surface area (Å²) >= 11 is 4.71. The van der Waals surface area contributed by atoms with Gasteiger partial charge >= 0.3 is 5.97 Å². The molecule has 0 bridgehead atoms. The molecule has 0 fully saturated rings. The van der Waals surface area contributed by atoms with Crippen LogP contribution in [-0.2, 0) is 11.3 Å². The van der Waals surface area contributed by atoms with E-state index in [9.17, 15) is 27.2 Å². The lowest BCUT2D eigenvalue weighted by Gasteiger charge is -2.16. The van der Waals surface area contributed by atoms with Crippen molar-refractivity contribution in [2.45, 2.75) is 6.54 Å². The van der Waals surface area contributed by atoms with E-state index in [4.69, 9.17) is 9.84 Å². The molecule has 0 unspecified atom stereocenters. The quantitative estimate of drug-likeness (QED) is 0.342. The fourth-order valence-electron chi connectivity index (χ4n) is 2.37. The first kappa shape index (κ1) is 20.9. The van der Waals surface area contributed by atoms with Crippen molar-refractivity contribution in [2.75, 3.05) is 6.61 Å². The third-order valence-corrected chi connectivity index (χ3v) is 4.98. The average molecular weight is 446 g/mol. The summed E-state index contributed by atoms with van der Waals surface area (Å²) in [4.78, 5) is 27.0. The highest BCUT2D eigenvalue weighted by molar-refractivity contribution is 7.78. The summed E-state index contributed by atoms with van der Waals surface area (Å²) in [5.74, 6) is -6.92. The summed E-state index contributed by atoms with van der Waals surface area (Å²) in [7, 11) is 0. The molecule has 0 aliphatic rings. The molecule has 0 atom stereocenters. The van der Waals surface area contributed by atoms with Gasteiger partial charge in [-0.05, 0) is 12.1 Å². The van der Waals surface area contributed by atoms with Crippen molar-refractivity contribution in [3.05, 3.63) is 58.1 Å². The molecule has 3 rings (SSSR count). The van der Waals surface area contributed by atoms with E-state index in [0.717, 1.165) is 22.5 Å². The Morgan fingerprint density at radius 1 is 1.17 bits per heavy atom. The van der Waals surface area contributed by atoms with E-state index in [1.807, 2.05) is 0 Å². The zero-order chi connectivity index (χ0) is 21.3. The molecule has 6 nitrogen and oxygen atoms in total. The van der Waals surface area contributed by atoms with Gasteiger partial charge in [0.15, 0.2) is 18.2 Å². The number of ether oxygens (including phenoxy) is 1. The number of aliphatic carboxylic acids is 1. The number of carbonyl (C=O) groups is 2. The van der Waals surface area contributed by atoms with Crippen LogP contribution >= 0.6 is 24.2 Å². The number of hydrogen-bond donors (Lipinski definition) is 2. The first-order chi connectivity index (χ1) is 13.7. The van der Waals surface area contributed by atoms with Gasteiger partial charge in [0.1, 0.15) is 27.9 Å². The van der Waals surface area contributed by atoms with E-state index in [2.05, 4.69) is 17.8 Å². The maximum atomic E-state index is 13.8. The van der Waals surface area contributed by atoms with E-state index >= 15 is 0 Å². The third-order valence-electron chi connectivity index (χ3n) is 3.60. The third kappa shape index (κ3) is 4.43. The van der Waals surface area contributed by atoms with E-state index < -0.39 is 47.3 Å². The van der Waals surface area contributed by atoms with Crippen LogP contribution in [0.2, 0.25) is 0 Å². The number of rotatable bonds is 6. The molecule has 1 N–H and O–H groups in total. The van der Waals surface area contributed by atoms with Gasteiger partial charge in [-0.3, -0.25) is 9.10 Å². The van der Waals surface area contributed by atoms with Gasteiger partial charge in [-0.15, -0.1) is 11.3 Å². The number of fused-ring (bicyclic) bond motifs is 1. The second-order valence-electron chi connectivity index (χ2n) is 5.63. The zero-order valence-electron chi connectivity index (χ0n) is 14.2. The molecule has 0 saturated carbocycles. The van der Waals surface area contributed by atoms with Crippen molar-refractivity contribution in [1.82, 2.24) is 9.29 Å². The number of amides is 1. The molecule has 29 heavy (non-hydrogen) atoms. The number of aromatic nitrogens is 1. The first-order valence-electron chi connectivity index (χ1n) is 7.75. The van der Waals surface area contributed by atoms with Crippen molar-refractivity contribution in [3.8, 4) is 5.75 Å².